The molecule has 0 spiro atoms. The number of urea groups is 1. The summed E-state index contributed by atoms with van der Waals surface area (Å²) in [5, 5.41) is 6.52. The van der Waals surface area contributed by atoms with Crippen molar-refractivity contribution < 1.29 is 14.1 Å². The highest BCUT2D eigenvalue weighted by Crippen LogP contribution is 2.37. The van der Waals surface area contributed by atoms with Crippen LogP contribution in [0.15, 0.2) is 71.2 Å². The quantitative estimate of drug-likeness (QED) is 0.258. The second-order valence-electron chi connectivity index (χ2n) is 7.71. The van der Waals surface area contributed by atoms with Crippen molar-refractivity contribution in [1.82, 2.24) is 4.98 Å². The van der Waals surface area contributed by atoms with E-state index in [9.17, 15) is 14.1 Å². The Morgan fingerprint density at radius 3 is 2.48 bits per heavy atom. The summed E-state index contributed by atoms with van der Waals surface area (Å²) in [5.41, 5.74) is 8.30. The molecule has 4 rings (SSSR count). The van der Waals surface area contributed by atoms with E-state index in [1.165, 1.54) is 30.0 Å². The van der Waals surface area contributed by atoms with Gasteiger partial charge in [-0.1, -0.05) is 18.2 Å². The minimum absolute atomic E-state index is 0.263. The van der Waals surface area contributed by atoms with Gasteiger partial charge in [0.05, 0.1) is 5.56 Å². The molecule has 0 aliphatic carbocycles. The number of nitrogen functional groups attached to an aromatic ring is 1. The van der Waals surface area contributed by atoms with Crippen molar-refractivity contribution in [3.8, 4) is 10.4 Å². The molecule has 0 saturated heterocycles. The van der Waals surface area contributed by atoms with E-state index in [4.69, 9.17) is 5.73 Å². The van der Waals surface area contributed by atoms with Gasteiger partial charge in [-0.15, -0.1) is 21.4 Å². The van der Waals surface area contributed by atoms with Gasteiger partial charge < -0.3 is 20.9 Å². The normalized spacial score (nSPS) is 11.7. The van der Waals surface area contributed by atoms with Crippen LogP contribution in [0, 0.1) is 0 Å². The predicted octanol–water partition coefficient (Wildman–Crippen LogP) is 5.13. The molecule has 170 valence electrons. The van der Waals surface area contributed by atoms with Gasteiger partial charge >= 0.3 is 6.03 Å². The van der Waals surface area contributed by atoms with Crippen molar-refractivity contribution in [2.24, 2.45) is 4.36 Å². The van der Waals surface area contributed by atoms with E-state index in [2.05, 4.69) is 20.0 Å². The Morgan fingerprint density at radius 2 is 1.76 bits per heavy atom. The van der Waals surface area contributed by atoms with Gasteiger partial charge in [0.15, 0.2) is 0 Å². The third-order valence-electron chi connectivity index (χ3n) is 4.57. The van der Waals surface area contributed by atoms with Crippen LogP contribution in [0.2, 0.25) is 0 Å². The Bertz CT molecular complexity index is 1400. The summed E-state index contributed by atoms with van der Waals surface area (Å²) in [6.45, 7) is 0. The lowest BCUT2D eigenvalue weighted by Crippen LogP contribution is -2.19. The molecule has 0 aliphatic heterocycles. The van der Waals surface area contributed by atoms with E-state index in [1.807, 2.05) is 54.6 Å². The molecule has 0 aliphatic rings. The first kappa shape index (κ1) is 22.6. The van der Waals surface area contributed by atoms with E-state index in [-0.39, 0.29) is 17.4 Å². The maximum Gasteiger partial charge on any atom is 0.323 e. The number of anilines is 3. The number of carbonyl (C=O) groups is 2. The first-order valence-corrected chi connectivity index (χ1v) is 13.4. The Kier molecular flexibility index (Phi) is 6.23. The number of thiol groups is 1. The van der Waals surface area contributed by atoms with E-state index in [1.54, 1.807) is 6.07 Å². The Morgan fingerprint density at radius 1 is 1.03 bits per heavy atom. The number of rotatable bonds is 4. The predicted molar refractivity (Wildman–Crippen MR) is 139 cm³/mol. The summed E-state index contributed by atoms with van der Waals surface area (Å²) in [7, 11) is -2.62. The lowest BCUT2D eigenvalue weighted by Gasteiger charge is -2.10. The highest BCUT2D eigenvalue weighted by atomic mass is 32.3. The first-order chi connectivity index (χ1) is 15.7. The largest absolute Gasteiger partial charge is 0.383 e. The van der Waals surface area contributed by atoms with Crippen LogP contribution < -0.4 is 16.4 Å². The van der Waals surface area contributed by atoms with Gasteiger partial charge in [-0.2, -0.15) is 4.36 Å². The summed E-state index contributed by atoms with van der Waals surface area (Å²) >= 11 is 1.50. The number of hydrogen-bond acceptors (Lipinski definition) is 5. The fraction of sp³-hybridized carbons (Fsp3) is 0.0870. The Hall–Kier alpha value is -3.60. The number of nitrogens with zero attached hydrogens (tertiary/aromatic N) is 2. The second kappa shape index (κ2) is 9.10. The molecule has 2 heterocycles. The van der Waals surface area contributed by atoms with Gasteiger partial charge in [0.2, 0.25) is 0 Å². The minimum Gasteiger partial charge on any atom is -0.383 e. The molecule has 2 aromatic heterocycles. The number of para-hydroxylation sites is 1. The molecule has 0 fully saturated rings. The molecule has 33 heavy (non-hydrogen) atoms. The molecule has 3 amide bonds. The maximum atomic E-state index is 12.4. The summed E-state index contributed by atoms with van der Waals surface area (Å²) in [6, 6.07) is 18.0. The van der Waals surface area contributed by atoms with Gasteiger partial charge in [0.1, 0.15) is 5.82 Å². The molecule has 0 saturated carbocycles. The summed E-state index contributed by atoms with van der Waals surface area (Å²) in [6.07, 6.45) is 4.43. The van der Waals surface area contributed by atoms with Crippen LogP contribution in [0.1, 0.15) is 10.4 Å². The topological polar surface area (TPSA) is 130 Å². The number of nitrogens with one attached hydrogen (secondary N) is 2. The van der Waals surface area contributed by atoms with E-state index >= 15 is 0 Å². The van der Waals surface area contributed by atoms with Crippen molar-refractivity contribution in [3.63, 3.8) is 0 Å². The van der Waals surface area contributed by atoms with Crippen LogP contribution >= 0.6 is 11.3 Å². The highest BCUT2D eigenvalue weighted by Gasteiger charge is 2.14. The lowest BCUT2D eigenvalue weighted by atomic mass is 10.1. The second-order valence-corrected chi connectivity index (χ2v) is 11.7. The fourth-order valence-electron chi connectivity index (χ4n) is 3.14. The maximum absolute atomic E-state index is 12.4. The number of thiophene rings is 1. The number of benzene rings is 2. The number of pyridine rings is 1. The lowest BCUT2D eigenvalue weighted by molar-refractivity contribution is 0.100. The van der Waals surface area contributed by atoms with Crippen molar-refractivity contribution in [2.45, 2.75) is 0 Å². The molecule has 5 N–H and O–H groups in total. The number of nitrogens with two attached hydrogens (primary N) is 1. The van der Waals surface area contributed by atoms with Gasteiger partial charge in [0, 0.05) is 32.7 Å². The van der Waals surface area contributed by atoms with Crippen molar-refractivity contribution in [2.75, 3.05) is 28.9 Å². The highest BCUT2D eigenvalue weighted by molar-refractivity contribution is 7.98. The van der Waals surface area contributed by atoms with Crippen molar-refractivity contribution >= 4 is 60.7 Å². The zero-order valence-electron chi connectivity index (χ0n) is 17.9. The molecule has 0 atom stereocenters. The van der Waals surface area contributed by atoms with Gasteiger partial charge in [-0.3, -0.25) is 4.79 Å². The van der Waals surface area contributed by atoms with E-state index in [0.717, 1.165) is 15.0 Å². The van der Waals surface area contributed by atoms with Gasteiger partial charge in [-0.05, 0) is 60.4 Å². The molecule has 2 aromatic carbocycles. The average Bonchev–Trinajstić information content (AvgIpc) is 3.16. The minimum atomic E-state index is -2.62. The van der Waals surface area contributed by atoms with E-state index < -0.39 is 16.0 Å². The van der Waals surface area contributed by atoms with Gasteiger partial charge in [-0.25, -0.2) is 9.78 Å². The van der Waals surface area contributed by atoms with Crippen LogP contribution in [0.3, 0.4) is 0 Å². The van der Waals surface area contributed by atoms with E-state index in [0.29, 0.717) is 16.9 Å². The number of amides is 3. The monoisotopic (exact) mass is 481 g/mol. The average molecular weight is 482 g/mol. The standard InChI is InChI=1S/C23H23N5O3S2/c1-33(2,31)28-22(29)15-11-18(21(24)25-13-15)20-12-14-10-17(8-9-19(14)32-20)27-23(30)26-16-6-4-3-5-7-16/h3-13,33H,1-2H3,(H2,24,25)(H2,26,27,30)(H,28,29,31). The Balaban J connectivity index is 1.59. The summed E-state index contributed by atoms with van der Waals surface area (Å²) < 4.78 is 14.8. The summed E-state index contributed by atoms with van der Waals surface area (Å²) in [4.78, 5) is 29.6. The van der Waals surface area contributed by atoms with Crippen LogP contribution in [-0.4, -0.2) is 34.0 Å². The number of hydrogen-bond donors (Lipinski definition) is 5. The Labute approximate surface area is 195 Å². The molecular formula is C23H23N5O3S2. The third kappa shape index (κ3) is 5.61. The van der Waals surface area contributed by atoms with Crippen LogP contribution in [0.4, 0.5) is 22.0 Å². The molecular weight excluding hydrogens is 458 g/mol. The van der Waals surface area contributed by atoms with Crippen LogP contribution in [0.5, 0.6) is 0 Å². The first-order valence-electron chi connectivity index (χ1n) is 9.95. The van der Waals surface area contributed by atoms with Crippen LogP contribution in [-0.2, 0) is 10.1 Å². The summed E-state index contributed by atoms with van der Waals surface area (Å²) in [5.74, 6) is -0.238. The molecule has 4 aromatic rings. The third-order valence-corrected chi connectivity index (χ3v) is 6.39. The van der Waals surface area contributed by atoms with Crippen molar-refractivity contribution in [1.29, 1.82) is 0 Å². The smallest absolute Gasteiger partial charge is 0.323 e. The number of aromatic nitrogens is 1. The molecule has 0 unspecified atom stereocenters. The van der Waals surface area contributed by atoms with Gasteiger partial charge in [0.25, 0.3) is 5.91 Å². The molecule has 8 nitrogen and oxygen atoms in total. The zero-order valence-corrected chi connectivity index (χ0v) is 19.7. The SMILES string of the molecule is C[SH](C)(O)=NC(=O)c1cnc(N)c(-c2cc3cc(NC(=O)Nc4ccccc4)ccc3s2)c1. The number of carbonyl (C=O) groups excluding carboxylic acids is 2. The molecule has 10 heteroatoms. The zero-order chi connectivity index (χ0) is 23.6. The molecule has 0 bridgehead atoms. The van der Waals surface area contributed by atoms with Crippen LogP contribution in [0.25, 0.3) is 20.5 Å². The number of fused-ring (bicyclic) bond motifs is 1. The fourth-order valence-corrected chi connectivity index (χ4v) is 4.77. The molecule has 0 radical (unpaired) electrons. The van der Waals surface area contributed by atoms with Crippen molar-refractivity contribution in [3.05, 3.63) is 72.4 Å².